The number of nitriles is 1. The van der Waals surface area contributed by atoms with Gasteiger partial charge in [-0.1, -0.05) is 18.2 Å². The van der Waals surface area contributed by atoms with E-state index < -0.39 is 29.6 Å². The van der Waals surface area contributed by atoms with Crippen LogP contribution in [0.3, 0.4) is 0 Å². The van der Waals surface area contributed by atoms with E-state index in [0.717, 1.165) is 11.6 Å². The molecular formula is C31H32F2N6O4. The van der Waals surface area contributed by atoms with Gasteiger partial charge in [-0.05, 0) is 54.3 Å². The van der Waals surface area contributed by atoms with Crippen molar-refractivity contribution in [3.63, 3.8) is 0 Å². The molecule has 224 valence electrons. The lowest BCUT2D eigenvalue weighted by Gasteiger charge is -2.37. The van der Waals surface area contributed by atoms with Gasteiger partial charge in [0.05, 0.1) is 26.2 Å². The van der Waals surface area contributed by atoms with Gasteiger partial charge in [-0.3, -0.25) is 9.69 Å². The maximum atomic E-state index is 15.1. The third kappa shape index (κ3) is 6.35. The molecule has 0 aliphatic carbocycles. The highest BCUT2D eigenvalue weighted by molar-refractivity contribution is 5.82. The molecule has 2 amide bonds. The molecule has 2 aromatic carbocycles. The van der Waals surface area contributed by atoms with Gasteiger partial charge in [0.25, 0.3) is 0 Å². The first-order valence-electron chi connectivity index (χ1n) is 14.0. The Bertz CT molecular complexity index is 1510. The summed E-state index contributed by atoms with van der Waals surface area (Å²) in [6.45, 7) is 1.40. The van der Waals surface area contributed by atoms with Crippen molar-refractivity contribution >= 4 is 17.8 Å². The molecule has 0 spiro atoms. The zero-order valence-corrected chi connectivity index (χ0v) is 24.0. The van der Waals surface area contributed by atoms with Crippen molar-refractivity contribution in [1.82, 2.24) is 20.0 Å². The van der Waals surface area contributed by atoms with Crippen LogP contribution in [0, 0.1) is 28.9 Å². The van der Waals surface area contributed by atoms with Crippen molar-refractivity contribution in [2.24, 2.45) is 5.92 Å². The van der Waals surface area contributed by atoms with Gasteiger partial charge in [0.15, 0.2) is 11.5 Å². The summed E-state index contributed by atoms with van der Waals surface area (Å²) < 4.78 is 39.3. The smallest absolute Gasteiger partial charge is 0.410 e. The van der Waals surface area contributed by atoms with E-state index in [-0.39, 0.29) is 49.4 Å². The molecule has 43 heavy (non-hydrogen) atoms. The van der Waals surface area contributed by atoms with E-state index in [4.69, 9.17) is 14.7 Å². The Morgan fingerprint density at radius 1 is 1.00 bits per heavy atom. The molecule has 1 aromatic heterocycles. The van der Waals surface area contributed by atoms with E-state index >= 15 is 4.39 Å². The molecule has 2 saturated heterocycles. The number of hydrogen-bond donors (Lipinski definition) is 0. The number of benzene rings is 2. The van der Waals surface area contributed by atoms with Gasteiger partial charge in [-0.25, -0.2) is 13.6 Å². The lowest BCUT2D eigenvalue weighted by Crippen LogP contribution is -2.47. The summed E-state index contributed by atoms with van der Waals surface area (Å²) in [5, 5.41) is 17.1. The second kappa shape index (κ2) is 13.0. The summed E-state index contributed by atoms with van der Waals surface area (Å²) in [5.41, 5.74) is 1.30. The second-order valence-corrected chi connectivity index (χ2v) is 10.6. The summed E-state index contributed by atoms with van der Waals surface area (Å²) in [6, 6.07) is 15.8. The molecule has 10 nitrogen and oxygen atoms in total. The maximum Gasteiger partial charge on any atom is 0.410 e. The molecule has 0 N–H and O–H groups in total. The number of hydrogen-bond acceptors (Lipinski definition) is 8. The Kier molecular flexibility index (Phi) is 8.99. The number of carbonyl (C=O) groups is 2. The number of carbonyl (C=O) groups excluding carboxylic acids is 2. The molecule has 2 fully saturated rings. The van der Waals surface area contributed by atoms with Crippen molar-refractivity contribution in [3.05, 3.63) is 83.1 Å². The number of anilines is 1. The summed E-state index contributed by atoms with van der Waals surface area (Å²) in [6.07, 6.45) is 0.688. The lowest BCUT2D eigenvalue weighted by molar-refractivity contribution is -0.136. The molecule has 2 aliphatic rings. The second-order valence-electron chi connectivity index (χ2n) is 10.6. The van der Waals surface area contributed by atoms with Gasteiger partial charge < -0.3 is 19.3 Å². The van der Waals surface area contributed by atoms with Crippen LogP contribution >= 0.6 is 0 Å². The third-order valence-corrected chi connectivity index (χ3v) is 8.18. The average molecular weight is 591 g/mol. The minimum atomic E-state index is -0.721. The van der Waals surface area contributed by atoms with E-state index in [1.165, 1.54) is 25.3 Å². The Morgan fingerprint density at radius 2 is 1.84 bits per heavy atom. The number of methoxy groups -OCH3 is 2. The number of aromatic nitrogens is 2. The highest BCUT2D eigenvalue weighted by Crippen LogP contribution is 2.38. The topological polar surface area (TPSA) is 112 Å². The molecule has 3 atom stereocenters. The van der Waals surface area contributed by atoms with Crippen molar-refractivity contribution < 1.29 is 27.8 Å². The van der Waals surface area contributed by atoms with E-state index in [1.807, 2.05) is 35.2 Å². The van der Waals surface area contributed by atoms with E-state index in [2.05, 4.69) is 10.2 Å². The molecule has 0 bridgehead atoms. The van der Waals surface area contributed by atoms with Gasteiger partial charge in [-0.15, -0.1) is 10.2 Å². The van der Waals surface area contributed by atoms with Crippen molar-refractivity contribution in [3.8, 4) is 11.8 Å². The fraction of sp³-hybridized carbons (Fsp3) is 0.387. The molecule has 5 rings (SSSR count). The van der Waals surface area contributed by atoms with Crippen LogP contribution in [0.15, 0.2) is 54.6 Å². The van der Waals surface area contributed by atoms with Gasteiger partial charge >= 0.3 is 6.09 Å². The van der Waals surface area contributed by atoms with Crippen LogP contribution in [0.4, 0.5) is 19.4 Å². The molecule has 2 unspecified atom stereocenters. The highest BCUT2D eigenvalue weighted by Gasteiger charge is 2.42. The lowest BCUT2D eigenvalue weighted by atomic mass is 9.87. The monoisotopic (exact) mass is 590 g/mol. The number of rotatable bonds is 5. The Morgan fingerprint density at radius 3 is 2.53 bits per heavy atom. The minimum absolute atomic E-state index is 0.153. The number of halogens is 2. The first kappa shape index (κ1) is 29.7. The number of amides is 2. The summed E-state index contributed by atoms with van der Waals surface area (Å²) in [5.74, 6) is -1.74. The van der Waals surface area contributed by atoms with E-state index in [1.54, 1.807) is 23.0 Å². The molecule has 3 heterocycles. The molecule has 0 saturated carbocycles. The largest absolute Gasteiger partial charge is 0.497 e. The Hall–Kier alpha value is -4.79. The van der Waals surface area contributed by atoms with Crippen LogP contribution in [-0.4, -0.2) is 78.9 Å². The molecule has 3 aromatic rings. The highest BCUT2D eigenvalue weighted by atomic mass is 19.1. The van der Waals surface area contributed by atoms with Gasteiger partial charge in [0.2, 0.25) is 5.91 Å². The molecule has 12 heteroatoms. The first-order chi connectivity index (χ1) is 20.8. The predicted octanol–water partition coefficient (Wildman–Crippen LogP) is 4.29. The first-order valence-corrected chi connectivity index (χ1v) is 14.0. The summed E-state index contributed by atoms with van der Waals surface area (Å²) in [4.78, 5) is 32.2. The van der Waals surface area contributed by atoms with Gasteiger partial charge in [0.1, 0.15) is 23.5 Å². The Labute approximate surface area is 248 Å². The van der Waals surface area contributed by atoms with Crippen molar-refractivity contribution in [2.45, 2.75) is 24.8 Å². The predicted molar refractivity (Wildman–Crippen MR) is 152 cm³/mol. The zero-order chi connectivity index (χ0) is 30.5. The van der Waals surface area contributed by atoms with E-state index in [9.17, 15) is 14.0 Å². The van der Waals surface area contributed by atoms with Crippen molar-refractivity contribution in [1.29, 1.82) is 5.26 Å². The fourth-order valence-electron chi connectivity index (χ4n) is 6.03. The third-order valence-electron chi connectivity index (χ3n) is 8.18. The SMILES string of the molecule is COC(=O)N1CCN(C(=O)[C@@H]2CN(c3ccc(C#N)nn3)CC2c2ccc(F)cc2F)CCCC1c1cccc(OC)c1. The quantitative estimate of drug-likeness (QED) is 0.433. The van der Waals surface area contributed by atoms with Crippen molar-refractivity contribution in [2.75, 3.05) is 51.8 Å². The maximum absolute atomic E-state index is 15.1. The average Bonchev–Trinajstić information content (AvgIpc) is 3.45. The molecular weight excluding hydrogens is 558 g/mol. The van der Waals surface area contributed by atoms with Gasteiger partial charge in [-0.2, -0.15) is 5.26 Å². The van der Waals surface area contributed by atoms with Crippen LogP contribution in [0.5, 0.6) is 5.75 Å². The zero-order valence-electron chi connectivity index (χ0n) is 24.0. The standard InChI is InChI=1S/C31H32F2N6O4/c1-42-23-6-3-5-20(15-23)28-7-4-12-37(13-14-39(28)31(41)43-2)30(40)26-19-38(29-11-9-22(17-34)35-36-29)18-25(26)24-10-8-21(32)16-27(24)33/h3,5-6,8-11,15-16,25-26,28H,4,7,12-14,18-19H2,1-2H3/t25?,26-,28?/m1/s1. The van der Waals surface area contributed by atoms with E-state index in [0.29, 0.717) is 31.0 Å². The summed E-state index contributed by atoms with van der Waals surface area (Å²) in [7, 11) is 2.91. The minimum Gasteiger partial charge on any atom is -0.497 e. The Balaban J connectivity index is 1.40. The molecule has 2 aliphatic heterocycles. The van der Waals surface area contributed by atoms with Crippen LogP contribution in [0.25, 0.3) is 0 Å². The molecule has 0 radical (unpaired) electrons. The van der Waals surface area contributed by atoms with Crippen LogP contribution in [0.1, 0.15) is 41.6 Å². The van der Waals surface area contributed by atoms with Crippen LogP contribution in [0.2, 0.25) is 0 Å². The van der Waals surface area contributed by atoms with Gasteiger partial charge in [0, 0.05) is 44.7 Å². The number of ether oxygens (including phenoxy) is 2. The van der Waals surface area contributed by atoms with Crippen LogP contribution < -0.4 is 9.64 Å². The normalized spacial score (nSPS) is 20.6. The fourth-order valence-corrected chi connectivity index (χ4v) is 6.03. The number of nitrogens with zero attached hydrogens (tertiary/aromatic N) is 6. The summed E-state index contributed by atoms with van der Waals surface area (Å²) >= 11 is 0. The van der Waals surface area contributed by atoms with Crippen LogP contribution in [-0.2, 0) is 9.53 Å².